The van der Waals surface area contributed by atoms with Crippen molar-refractivity contribution in [3.05, 3.63) is 29.3 Å². The molecule has 0 aliphatic carbocycles. The van der Waals surface area contributed by atoms with E-state index in [1.165, 1.54) is 25.1 Å². The Hall–Kier alpha value is -1.40. The summed E-state index contributed by atoms with van der Waals surface area (Å²) >= 11 is 0. The number of rotatable bonds is 8. The summed E-state index contributed by atoms with van der Waals surface area (Å²) in [6, 6.07) is 4.28. The van der Waals surface area contributed by atoms with E-state index in [0.29, 0.717) is 12.5 Å². The third kappa shape index (κ3) is 5.13. The van der Waals surface area contributed by atoms with Crippen molar-refractivity contribution in [3.63, 3.8) is 0 Å². The van der Waals surface area contributed by atoms with Crippen molar-refractivity contribution < 1.29 is 23.1 Å². The molecule has 0 saturated heterocycles. The highest BCUT2D eigenvalue weighted by Crippen LogP contribution is 2.20. The van der Waals surface area contributed by atoms with Gasteiger partial charge < -0.3 is 9.84 Å². The quantitative estimate of drug-likeness (QED) is 0.746. The summed E-state index contributed by atoms with van der Waals surface area (Å²) in [6.45, 7) is 6.30. The molecule has 0 spiro atoms. The van der Waals surface area contributed by atoms with E-state index in [0.717, 1.165) is 6.42 Å². The van der Waals surface area contributed by atoms with Gasteiger partial charge in [0.15, 0.2) is 9.84 Å². The minimum absolute atomic E-state index is 0.0109. The Kier molecular flexibility index (Phi) is 6.36. The molecule has 1 aromatic carbocycles. The monoisotopic (exact) mass is 314 g/mol. The molecule has 0 unspecified atom stereocenters. The number of benzene rings is 1. The van der Waals surface area contributed by atoms with Crippen LogP contribution in [0.3, 0.4) is 0 Å². The molecule has 1 N–H and O–H groups in total. The normalized spacial score (nSPS) is 11.8. The molecule has 1 aromatic rings. The number of aromatic carboxylic acids is 1. The molecule has 0 aliphatic heterocycles. The largest absolute Gasteiger partial charge is 0.478 e. The zero-order chi connectivity index (χ0) is 16.0. The summed E-state index contributed by atoms with van der Waals surface area (Å²) in [6.07, 6.45) is 0.883. The van der Waals surface area contributed by atoms with E-state index in [-0.39, 0.29) is 28.4 Å². The van der Waals surface area contributed by atoms with Gasteiger partial charge in [-0.15, -0.1) is 0 Å². The SMILES string of the molecule is Cc1c(C(=O)O)cccc1S(=O)(=O)CCOCCC(C)C. The summed E-state index contributed by atoms with van der Waals surface area (Å²) in [5.41, 5.74) is 0.281. The van der Waals surface area contributed by atoms with Crippen LogP contribution in [-0.4, -0.2) is 38.5 Å². The lowest BCUT2D eigenvalue weighted by atomic mass is 10.1. The van der Waals surface area contributed by atoms with Gasteiger partial charge in [0.2, 0.25) is 0 Å². The highest BCUT2D eigenvalue weighted by Gasteiger charge is 2.20. The summed E-state index contributed by atoms with van der Waals surface area (Å²) in [5.74, 6) is -0.761. The number of carboxylic acid groups (broad SMARTS) is 1. The molecule has 6 heteroatoms. The first-order valence-electron chi connectivity index (χ1n) is 6.89. The van der Waals surface area contributed by atoms with Gasteiger partial charge in [-0.25, -0.2) is 13.2 Å². The number of carboxylic acids is 1. The summed E-state index contributed by atoms with van der Waals surface area (Å²) in [5, 5.41) is 9.03. The first kappa shape index (κ1) is 17.7. The van der Waals surface area contributed by atoms with E-state index in [1.807, 2.05) is 0 Å². The van der Waals surface area contributed by atoms with Gasteiger partial charge in [0, 0.05) is 6.61 Å². The van der Waals surface area contributed by atoms with E-state index in [2.05, 4.69) is 13.8 Å². The highest BCUT2D eigenvalue weighted by atomic mass is 32.2. The molecule has 1 rings (SSSR count). The number of carbonyl (C=O) groups is 1. The average Bonchev–Trinajstić information content (AvgIpc) is 2.37. The standard InChI is InChI=1S/C15H22O5S/c1-11(2)7-8-20-9-10-21(18,19)14-6-4-5-13(12(14)3)15(16)17/h4-6,11H,7-10H2,1-3H3,(H,16,17). The molecule has 0 fully saturated rings. The Labute approximate surface area is 125 Å². The zero-order valence-electron chi connectivity index (χ0n) is 12.6. The lowest BCUT2D eigenvalue weighted by molar-refractivity contribution is 0.0696. The summed E-state index contributed by atoms with van der Waals surface area (Å²) in [4.78, 5) is 11.1. The highest BCUT2D eigenvalue weighted by molar-refractivity contribution is 7.91. The lowest BCUT2D eigenvalue weighted by Gasteiger charge is -2.10. The molecule has 0 heterocycles. The number of sulfone groups is 1. The molecular weight excluding hydrogens is 292 g/mol. The van der Waals surface area contributed by atoms with E-state index < -0.39 is 15.8 Å². The fraction of sp³-hybridized carbons (Fsp3) is 0.533. The van der Waals surface area contributed by atoms with Crippen molar-refractivity contribution in [2.45, 2.75) is 32.1 Å². The van der Waals surface area contributed by atoms with Crippen molar-refractivity contribution in [2.24, 2.45) is 5.92 Å². The molecule has 0 amide bonds. The van der Waals surface area contributed by atoms with Gasteiger partial charge in [0.05, 0.1) is 22.8 Å². The van der Waals surface area contributed by atoms with E-state index in [9.17, 15) is 13.2 Å². The van der Waals surface area contributed by atoms with Crippen molar-refractivity contribution in [3.8, 4) is 0 Å². The molecule has 0 aliphatic rings. The van der Waals surface area contributed by atoms with Crippen molar-refractivity contribution in [1.29, 1.82) is 0 Å². The Morgan fingerprint density at radius 3 is 2.52 bits per heavy atom. The molecule has 0 radical (unpaired) electrons. The predicted molar refractivity (Wildman–Crippen MR) is 80.5 cm³/mol. The van der Waals surface area contributed by atoms with E-state index >= 15 is 0 Å². The van der Waals surface area contributed by atoms with Crippen LogP contribution in [0.15, 0.2) is 23.1 Å². The topological polar surface area (TPSA) is 80.7 Å². The lowest BCUT2D eigenvalue weighted by Crippen LogP contribution is -2.16. The smallest absolute Gasteiger partial charge is 0.335 e. The third-order valence-corrected chi connectivity index (χ3v) is 5.00. The molecule has 0 saturated carbocycles. The number of hydrogen-bond acceptors (Lipinski definition) is 4. The Morgan fingerprint density at radius 2 is 1.95 bits per heavy atom. The van der Waals surface area contributed by atoms with Crippen LogP contribution in [-0.2, 0) is 14.6 Å². The fourth-order valence-corrected chi connectivity index (χ4v) is 3.30. The van der Waals surface area contributed by atoms with Gasteiger partial charge in [-0.1, -0.05) is 19.9 Å². The fourth-order valence-electron chi connectivity index (χ4n) is 1.88. The maximum absolute atomic E-state index is 12.3. The van der Waals surface area contributed by atoms with Crippen LogP contribution < -0.4 is 0 Å². The molecule has 0 bridgehead atoms. The van der Waals surface area contributed by atoms with Crippen LogP contribution in [0, 0.1) is 12.8 Å². The Bertz CT molecular complexity index is 590. The van der Waals surface area contributed by atoms with Crippen molar-refractivity contribution >= 4 is 15.8 Å². The zero-order valence-corrected chi connectivity index (χ0v) is 13.4. The van der Waals surface area contributed by atoms with Crippen LogP contribution in [0.1, 0.15) is 36.2 Å². The molecule has 21 heavy (non-hydrogen) atoms. The number of hydrogen-bond donors (Lipinski definition) is 1. The second kappa shape index (κ2) is 7.56. The predicted octanol–water partition coefficient (Wildman–Crippen LogP) is 2.53. The average molecular weight is 314 g/mol. The molecule has 0 aromatic heterocycles. The molecular formula is C15H22O5S. The summed E-state index contributed by atoms with van der Waals surface area (Å²) in [7, 11) is -3.54. The van der Waals surface area contributed by atoms with Crippen LogP contribution in [0.4, 0.5) is 0 Å². The first-order chi connectivity index (χ1) is 9.75. The van der Waals surface area contributed by atoms with E-state index in [4.69, 9.17) is 9.84 Å². The first-order valence-corrected chi connectivity index (χ1v) is 8.54. The van der Waals surface area contributed by atoms with Gasteiger partial charge in [-0.3, -0.25) is 0 Å². The van der Waals surface area contributed by atoms with Gasteiger partial charge in [-0.2, -0.15) is 0 Å². The van der Waals surface area contributed by atoms with Gasteiger partial charge in [0.25, 0.3) is 0 Å². The van der Waals surface area contributed by atoms with Crippen LogP contribution in [0.5, 0.6) is 0 Å². The van der Waals surface area contributed by atoms with Crippen molar-refractivity contribution in [2.75, 3.05) is 19.0 Å². The third-order valence-electron chi connectivity index (χ3n) is 3.19. The number of ether oxygens (including phenoxy) is 1. The molecule has 0 atom stereocenters. The Balaban J connectivity index is 2.75. The summed E-state index contributed by atoms with van der Waals surface area (Å²) < 4.78 is 29.8. The maximum atomic E-state index is 12.3. The van der Waals surface area contributed by atoms with Gasteiger partial charge in [0.1, 0.15) is 0 Å². The Morgan fingerprint density at radius 1 is 1.29 bits per heavy atom. The minimum atomic E-state index is -3.54. The van der Waals surface area contributed by atoms with Crippen LogP contribution in [0.2, 0.25) is 0 Å². The van der Waals surface area contributed by atoms with Gasteiger partial charge in [-0.05, 0) is 37.0 Å². The van der Waals surface area contributed by atoms with Crippen LogP contribution in [0.25, 0.3) is 0 Å². The minimum Gasteiger partial charge on any atom is -0.478 e. The second-order valence-corrected chi connectivity index (χ2v) is 7.43. The molecule has 118 valence electrons. The van der Waals surface area contributed by atoms with E-state index in [1.54, 1.807) is 0 Å². The van der Waals surface area contributed by atoms with Crippen molar-refractivity contribution in [1.82, 2.24) is 0 Å². The maximum Gasteiger partial charge on any atom is 0.335 e. The van der Waals surface area contributed by atoms with Crippen LogP contribution >= 0.6 is 0 Å². The van der Waals surface area contributed by atoms with Gasteiger partial charge >= 0.3 is 5.97 Å². The molecule has 5 nitrogen and oxygen atoms in total. The second-order valence-electron chi connectivity index (χ2n) is 5.35.